The van der Waals surface area contributed by atoms with Gasteiger partial charge < -0.3 is 15.3 Å². The summed E-state index contributed by atoms with van der Waals surface area (Å²) >= 11 is 0. The van der Waals surface area contributed by atoms with Crippen LogP contribution in [0.1, 0.15) is 19.8 Å². The molecule has 0 bridgehead atoms. The van der Waals surface area contributed by atoms with Crippen LogP contribution < -0.4 is 5.32 Å². The number of carbonyl (C=O) groups is 2. The second-order valence-electron chi connectivity index (χ2n) is 5.17. The molecular formula is C12H20N2O3. The number of carbonyl (C=O) groups excluding carboxylic acids is 1. The van der Waals surface area contributed by atoms with E-state index < -0.39 is 5.97 Å². The van der Waals surface area contributed by atoms with Crippen molar-refractivity contribution in [3.8, 4) is 0 Å². The van der Waals surface area contributed by atoms with Gasteiger partial charge in [-0.2, -0.15) is 0 Å². The number of amides is 1. The molecule has 2 fully saturated rings. The van der Waals surface area contributed by atoms with Gasteiger partial charge in [-0.3, -0.25) is 9.59 Å². The van der Waals surface area contributed by atoms with Gasteiger partial charge in [0.2, 0.25) is 5.91 Å². The van der Waals surface area contributed by atoms with Gasteiger partial charge in [-0.05, 0) is 31.8 Å². The average Bonchev–Trinajstić information content (AvgIpc) is 2.25. The van der Waals surface area contributed by atoms with Crippen LogP contribution in [0.3, 0.4) is 0 Å². The van der Waals surface area contributed by atoms with E-state index in [4.69, 9.17) is 5.11 Å². The zero-order valence-corrected chi connectivity index (χ0v) is 10.2. The van der Waals surface area contributed by atoms with E-state index in [1.807, 2.05) is 6.92 Å². The quantitative estimate of drug-likeness (QED) is 0.737. The monoisotopic (exact) mass is 240 g/mol. The first-order valence-corrected chi connectivity index (χ1v) is 6.32. The van der Waals surface area contributed by atoms with Gasteiger partial charge in [0, 0.05) is 19.0 Å². The minimum Gasteiger partial charge on any atom is -0.481 e. The van der Waals surface area contributed by atoms with Crippen molar-refractivity contribution in [2.45, 2.75) is 19.8 Å². The molecule has 96 valence electrons. The Morgan fingerprint density at radius 2 is 2.12 bits per heavy atom. The molecular weight excluding hydrogens is 220 g/mol. The second-order valence-corrected chi connectivity index (χ2v) is 5.17. The zero-order valence-electron chi connectivity index (χ0n) is 10.2. The lowest BCUT2D eigenvalue weighted by molar-refractivity contribution is -0.147. The minimum absolute atomic E-state index is 0.0174. The van der Waals surface area contributed by atoms with E-state index in [1.165, 1.54) is 0 Å². The van der Waals surface area contributed by atoms with Crippen LogP contribution in [-0.2, 0) is 9.59 Å². The van der Waals surface area contributed by atoms with Gasteiger partial charge in [0.05, 0.1) is 5.92 Å². The summed E-state index contributed by atoms with van der Waals surface area (Å²) in [5, 5.41) is 12.2. The normalized spacial score (nSPS) is 27.4. The number of aliphatic carboxylic acids is 1. The summed E-state index contributed by atoms with van der Waals surface area (Å²) < 4.78 is 0. The largest absolute Gasteiger partial charge is 0.481 e. The molecule has 0 radical (unpaired) electrons. The Bertz CT molecular complexity index is 315. The molecule has 2 saturated heterocycles. The number of nitrogens with one attached hydrogen (secondary N) is 1. The van der Waals surface area contributed by atoms with Crippen LogP contribution in [0, 0.1) is 17.8 Å². The Morgan fingerprint density at radius 1 is 1.41 bits per heavy atom. The minimum atomic E-state index is -0.777. The van der Waals surface area contributed by atoms with Crippen molar-refractivity contribution < 1.29 is 14.7 Å². The smallest absolute Gasteiger partial charge is 0.308 e. The van der Waals surface area contributed by atoms with Gasteiger partial charge >= 0.3 is 5.97 Å². The molecule has 2 heterocycles. The molecule has 0 aliphatic carbocycles. The molecule has 1 unspecified atom stereocenters. The number of likely N-dealkylation sites (tertiary alicyclic amines) is 1. The Hall–Kier alpha value is -1.10. The number of rotatable bonds is 3. The molecule has 2 rings (SSSR count). The van der Waals surface area contributed by atoms with Crippen LogP contribution in [0.4, 0.5) is 0 Å². The maximum atomic E-state index is 12.2. The van der Waals surface area contributed by atoms with Crippen molar-refractivity contribution in [2.24, 2.45) is 17.8 Å². The third-order valence-electron chi connectivity index (χ3n) is 3.99. The highest BCUT2D eigenvalue weighted by Crippen LogP contribution is 2.23. The number of piperidine rings is 1. The molecule has 5 nitrogen and oxygen atoms in total. The van der Waals surface area contributed by atoms with Crippen molar-refractivity contribution in [3.05, 3.63) is 0 Å². The standard InChI is InChI=1S/C12H20N2O3/c1-8(10-5-13-6-10)11(15)14-4-2-3-9(7-14)12(16)17/h8-10,13H,2-7H2,1H3,(H,16,17)/t8?,9-/m0/s1. The van der Waals surface area contributed by atoms with Crippen molar-refractivity contribution in [1.29, 1.82) is 0 Å². The number of carboxylic acids is 1. The summed E-state index contributed by atoms with van der Waals surface area (Å²) in [6.07, 6.45) is 1.50. The third-order valence-corrected chi connectivity index (χ3v) is 3.99. The molecule has 0 aromatic carbocycles. The molecule has 2 aliphatic heterocycles. The average molecular weight is 240 g/mol. The molecule has 0 saturated carbocycles. The topological polar surface area (TPSA) is 69.6 Å². The molecule has 0 aromatic rings. The van der Waals surface area contributed by atoms with E-state index in [0.717, 1.165) is 19.5 Å². The summed E-state index contributed by atoms with van der Waals surface area (Å²) in [7, 11) is 0. The van der Waals surface area contributed by atoms with Crippen LogP contribution >= 0.6 is 0 Å². The van der Waals surface area contributed by atoms with E-state index in [0.29, 0.717) is 25.4 Å². The Balaban J connectivity index is 1.91. The Morgan fingerprint density at radius 3 is 2.65 bits per heavy atom. The summed E-state index contributed by atoms with van der Waals surface area (Å²) in [6, 6.07) is 0. The van der Waals surface area contributed by atoms with Crippen LogP contribution in [-0.4, -0.2) is 48.1 Å². The van der Waals surface area contributed by atoms with Gasteiger partial charge in [-0.15, -0.1) is 0 Å². The fourth-order valence-electron chi connectivity index (χ4n) is 2.53. The number of nitrogens with zero attached hydrogens (tertiary/aromatic N) is 1. The van der Waals surface area contributed by atoms with Gasteiger partial charge in [0.15, 0.2) is 0 Å². The van der Waals surface area contributed by atoms with Crippen LogP contribution in [0.2, 0.25) is 0 Å². The predicted molar refractivity (Wildman–Crippen MR) is 62.5 cm³/mol. The SMILES string of the molecule is CC(C(=O)N1CCC[C@H](C(=O)O)C1)C1CNC1. The van der Waals surface area contributed by atoms with Crippen molar-refractivity contribution in [2.75, 3.05) is 26.2 Å². The maximum absolute atomic E-state index is 12.2. The molecule has 2 aliphatic rings. The molecule has 5 heteroatoms. The Kier molecular flexibility index (Phi) is 3.66. The highest BCUT2D eigenvalue weighted by Gasteiger charge is 2.34. The van der Waals surface area contributed by atoms with Crippen LogP contribution in [0.5, 0.6) is 0 Å². The van der Waals surface area contributed by atoms with E-state index in [1.54, 1.807) is 4.90 Å². The molecule has 0 spiro atoms. The van der Waals surface area contributed by atoms with E-state index >= 15 is 0 Å². The number of hydrogen-bond acceptors (Lipinski definition) is 3. The predicted octanol–water partition coefficient (Wildman–Crippen LogP) is 0.165. The highest BCUT2D eigenvalue weighted by atomic mass is 16.4. The fourth-order valence-corrected chi connectivity index (χ4v) is 2.53. The number of hydrogen-bond donors (Lipinski definition) is 2. The lowest BCUT2D eigenvalue weighted by atomic mass is 9.87. The van der Waals surface area contributed by atoms with Gasteiger partial charge in [0.25, 0.3) is 0 Å². The van der Waals surface area contributed by atoms with Crippen LogP contribution in [0.25, 0.3) is 0 Å². The molecule has 1 amide bonds. The lowest BCUT2D eigenvalue weighted by Crippen LogP contribution is -2.52. The summed E-state index contributed by atoms with van der Waals surface area (Å²) in [5.41, 5.74) is 0. The first-order chi connectivity index (χ1) is 8.09. The van der Waals surface area contributed by atoms with E-state index in [9.17, 15) is 9.59 Å². The van der Waals surface area contributed by atoms with Gasteiger partial charge in [0.1, 0.15) is 0 Å². The highest BCUT2D eigenvalue weighted by molar-refractivity contribution is 5.80. The maximum Gasteiger partial charge on any atom is 0.308 e. The molecule has 2 N–H and O–H groups in total. The zero-order chi connectivity index (χ0) is 12.4. The summed E-state index contributed by atoms with van der Waals surface area (Å²) in [4.78, 5) is 24.9. The molecule has 0 aromatic heterocycles. The number of carboxylic acid groups (broad SMARTS) is 1. The molecule has 2 atom stereocenters. The van der Waals surface area contributed by atoms with Crippen LogP contribution in [0.15, 0.2) is 0 Å². The summed E-state index contributed by atoms with van der Waals surface area (Å²) in [5.74, 6) is -0.584. The van der Waals surface area contributed by atoms with Gasteiger partial charge in [-0.25, -0.2) is 0 Å². The Labute approximate surface area is 101 Å². The van der Waals surface area contributed by atoms with Crippen molar-refractivity contribution >= 4 is 11.9 Å². The summed E-state index contributed by atoms with van der Waals surface area (Å²) in [6.45, 7) is 4.87. The van der Waals surface area contributed by atoms with Crippen molar-refractivity contribution in [3.63, 3.8) is 0 Å². The van der Waals surface area contributed by atoms with E-state index in [-0.39, 0.29) is 17.7 Å². The third kappa shape index (κ3) is 2.60. The van der Waals surface area contributed by atoms with Crippen molar-refractivity contribution in [1.82, 2.24) is 10.2 Å². The first kappa shape index (κ1) is 12.4. The van der Waals surface area contributed by atoms with E-state index in [2.05, 4.69) is 5.32 Å². The fraction of sp³-hybridized carbons (Fsp3) is 0.833. The second kappa shape index (κ2) is 5.04. The van der Waals surface area contributed by atoms with Gasteiger partial charge in [-0.1, -0.05) is 6.92 Å². The lowest BCUT2D eigenvalue weighted by Gasteiger charge is -2.37. The molecule has 17 heavy (non-hydrogen) atoms. The first-order valence-electron chi connectivity index (χ1n) is 6.32.